The summed E-state index contributed by atoms with van der Waals surface area (Å²) in [6.07, 6.45) is 1.39. The lowest BCUT2D eigenvalue weighted by atomic mass is 10.6. The lowest BCUT2D eigenvalue weighted by Gasteiger charge is -2.07. The molecule has 0 spiro atoms. The van der Waals surface area contributed by atoms with E-state index < -0.39 is 9.24 Å². The maximum absolute atomic E-state index is 10.4. The van der Waals surface area contributed by atoms with Crippen LogP contribution in [0.25, 0.3) is 0 Å². The van der Waals surface area contributed by atoms with Crippen LogP contribution >= 0.6 is 10.7 Å². The molecule has 10 heavy (non-hydrogen) atoms. The Kier molecular flexibility index (Phi) is 3.38. The second kappa shape index (κ2) is 3.58. The van der Waals surface area contributed by atoms with E-state index in [0.29, 0.717) is 4.31 Å². The molecule has 0 aliphatic carbocycles. The van der Waals surface area contributed by atoms with E-state index in [1.807, 2.05) is 0 Å². The zero-order valence-electron chi connectivity index (χ0n) is 5.03. The third-order valence-electron chi connectivity index (χ3n) is 0.707. The first-order chi connectivity index (χ1) is 4.52. The van der Waals surface area contributed by atoms with Gasteiger partial charge in [0.1, 0.15) is 0 Å². The van der Waals surface area contributed by atoms with Gasteiger partial charge in [0.05, 0.1) is 6.54 Å². The molecule has 0 aromatic heterocycles. The van der Waals surface area contributed by atoms with Gasteiger partial charge in [-0.2, -0.15) is 8.42 Å². The number of nitrogens with zero attached hydrogens (tertiary/aromatic N) is 1. The maximum Gasteiger partial charge on any atom is 0.323 e. The molecular weight excluding hydrogens is 178 g/mol. The molecule has 0 atom stereocenters. The summed E-state index contributed by atoms with van der Waals surface area (Å²) in [5.41, 5.74) is 0. The molecule has 58 valence electrons. The average molecular weight is 184 g/mol. The third kappa shape index (κ3) is 2.84. The van der Waals surface area contributed by atoms with Crippen molar-refractivity contribution in [1.29, 1.82) is 0 Å². The first kappa shape index (κ1) is 9.45. The number of carbonyl (C=O) groups is 1. The Morgan fingerprint density at radius 1 is 1.60 bits per heavy atom. The van der Waals surface area contributed by atoms with E-state index in [9.17, 15) is 13.2 Å². The van der Waals surface area contributed by atoms with E-state index in [2.05, 4.69) is 6.58 Å². The van der Waals surface area contributed by atoms with Crippen molar-refractivity contribution in [2.24, 2.45) is 0 Å². The molecule has 0 bridgehead atoms. The number of rotatable bonds is 4. The summed E-state index contributed by atoms with van der Waals surface area (Å²) >= 11 is 0. The summed E-state index contributed by atoms with van der Waals surface area (Å²) in [6, 6.07) is 0. The van der Waals surface area contributed by atoms with Gasteiger partial charge in [0.2, 0.25) is 6.41 Å². The van der Waals surface area contributed by atoms with E-state index in [-0.39, 0.29) is 13.0 Å². The van der Waals surface area contributed by atoms with Gasteiger partial charge in [0.15, 0.2) is 0 Å². The highest BCUT2D eigenvalue weighted by atomic mass is 35.7. The normalized spacial score (nSPS) is 10.5. The van der Waals surface area contributed by atoms with Crippen molar-refractivity contribution in [1.82, 2.24) is 4.31 Å². The maximum atomic E-state index is 10.4. The zero-order valence-corrected chi connectivity index (χ0v) is 6.60. The van der Waals surface area contributed by atoms with Crippen molar-refractivity contribution in [3.63, 3.8) is 0 Å². The summed E-state index contributed by atoms with van der Waals surface area (Å²) in [5.74, 6) is 0. The summed E-state index contributed by atoms with van der Waals surface area (Å²) < 4.78 is 21.2. The van der Waals surface area contributed by atoms with E-state index in [1.54, 1.807) is 0 Å². The Morgan fingerprint density at radius 2 is 2.10 bits per heavy atom. The topological polar surface area (TPSA) is 54.5 Å². The van der Waals surface area contributed by atoms with Gasteiger partial charge in [-0.05, 0) is 0 Å². The van der Waals surface area contributed by atoms with Crippen LogP contribution in [-0.4, -0.2) is 25.7 Å². The van der Waals surface area contributed by atoms with Crippen LogP contribution in [0.4, 0.5) is 0 Å². The van der Waals surface area contributed by atoms with Crippen LogP contribution in [0, 0.1) is 0 Å². The highest BCUT2D eigenvalue weighted by Crippen LogP contribution is 2.01. The van der Waals surface area contributed by atoms with E-state index in [0.717, 1.165) is 0 Å². The summed E-state index contributed by atoms with van der Waals surface area (Å²) in [7, 11) is 0.886. The van der Waals surface area contributed by atoms with E-state index >= 15 is 0 Å². The Balaban J connectivity index is 4.36. The van der Waals surface area contributed by atoms with Gasteiger partial charge in [-0.3, -0.25) is 4.79 Å². The highest BCUT2D eigenvalue weighted by Gasteiger charge is 2.13. The lowest BCUT2D eigenvalue weighted by molar-refractivity contribution is -0.113. The van der Waals surface area contributed by atoms with Crippen molar-refractivity contribution >= 4 is 26.3 Å². The second-order valence-corrected chi connectivity index (χ2v) is 3.87. The SMILES string of the molecule is C=CCN(C=O)S(=O)(=O)Cl. The Morgan fingerprint density at radius 3 is 2.20 bits per heavy atom. The Hall–Kier alpha value is -0.550. The van der Waals surface area contributed by atoms with Crippen LogP contribution in [0.15, 0.2) is 12.7 Å². The molecule has 0 radical (unpaired) electrons. The number of amides is 1. The molecule has 0 fully saturated rings. The minimum atomic E-state index is -3.91. The predicted molar refractivity (Wildman–Crippen MR) is 37.7 cm³/mol. The smallest absolute Gasteiger partial charge is 0.278 e. The van der Waals surface area contributed by atoms with Crippen LogP contribution in [-0.2, 0) is 14.0 Å². The van der Waals surface area contributed by atoms with Gasteiger partial charge >= 0.3 is 9.24 Å². The molecule has 0 heterocycles. The molecule has 0 aromatic carbocycles. The second-order valence-electron chi connectivity index (χ2n) is 1.41. The molecule has 0 saturated heterocycles. The standard InChI is InChI=1S/C4H6ClNO3S/c1-2-3-6(4-7)10(5,8)9/h2,4H,1,3H2. The zero-order chi connectivity index (χ0) is 8.20. The quantitative estimate of drug-likeness (QED) is 0.353. The summed E-state index contributed by atoms with van der Waals surface area (Å²) in [4.78, 5) is 9.96. The Bertz CT molecular complexity index is 223. The fourth-order valence-corrected chi connectivity index (χ4v) is 0.964. The molecule has 0 aromatic rings. The number of hydrogen-bond donors (Lipinski definition) is 0. The van der Waals surface area contributed by atoms with Crippen LogP contribution in [0.2, 0.25) is 0 Å². The summed E-state index contributed by atoms with van der Waals surface area (Å²) in [5, 5.41) is 0. The van der Waals surface area contributed by atoms with Crippen molar-refractivity contribution < 1.29 is 13.2 Å². The van der Waals surface area contributed by atoms with Crippen LogP contribution < -0.4 is 0 Å². The van der Waals surface area contributed by atoms with Crippen molar-refractivity contribution in [2.75, 3.05) is 6.54 Å². The van der Waals surface area contributed by atoms with E-state index in [4.69, 9.17) is 10.7 Å². The molecule has 0 unspecified atom stereocenters. The third-order valence-corrected chi connectivity index (χ3v) is 2.03. The molecule has 0 rings (SSSR count). The van der Waals surface area contributed by atoms with Crippen LogP contribution in [0.5, 0.6) is 0 Å². The van der Waals surface area contributed by atoms with Gasteiger partial charge in [-0.15, -0.1) is 6.58 Å². The molecular formula is C4H6ClNO3S. The molecule has 0 aliphatic rings. The lowest BCUT2D eigenvalue weighted by Crippen LogP contribution is -2.25. The van der Waals surface area contributed by atoms with Crippen molar-refractivity contribution in [3.8, 4) is 0 Å². The van der Waals surface area contributed by atoms with Gasteiger partial charge < -0.3 is 0 Å². The first-order valence-electron chi connectivity index (χ1n) is 2.30. The molecule has 6 heteroatoms. The van der Waals surface area contributed by atoms with Crippen LogP contribution in [0.3, 0.4) is 0 Å². The minimum absolute atomic E-state index is 0.102. The molecule has 0 saturated carbocycles. The minimum Gasteiger partial charge on any atom is -0.278 e. The summed E-state index contributed by atoms with van der Waals surface area (Å²) in [6.45, 7) is 3.14. The number of hydrogen-bond acceptors (Lipinski definition) is 3. The average Bonchev–Trinajstić information content (AvgIpc) is 1.80. The number of carbonyl (C=O) groups excluding carboxylic acids is 1. The predicted octanol–water partition coefficient (Wildman–Crippen LogP) is 0.114. The van der Waals surface area contributed by atoms with Gasteiger partial charge in [-0.1, -0.05) is 6.08 Å². The van der Waals surface area contributed by atoms with Crippen molar-refractivity contribution in [2.45, 2.75) is 0 Å². The molecule has 4 nitrogen and oxygen atoms in total. The van der Waals surface area contributed by atoms with E-state index in [1.165, 1.54) is 6.08 Å². The van der Waals surface area contributed by atoms with Crippen LogP contribution in [0.1, 0.15) is 0 Å². The van der Waals surface area contributed by atoms with Crippen molar-refractivity contribution in [3.05, 3.63) is 12.7 Å². The monoisotopic (exact) mass is 183 g/mol. The van der Waals surface area contributed by atoms with Gasteiger partial charge in [0, 0.05) is 10.7 Å². The van der Waals surface area contributed by atoms with Gasteiger partial charge in [-0.25, -0.2) is 4.31 Å². The molecule has 0 N–H and O–H groups in total. The van der Waals surface area contributed by atoms with Gasteiger partial charge in [0.25, 0.3) is 0 Å². The fourth-order valence-electron chi connectivity index (χ4n) is 0.311. The Labute approximate surface area is 63.6 Å². The largest absolute Gasteiger partial charge is 0.323 e. The molecule has 1 amide bonds. The fraction of sp³-hybridized carbons (Fsp3) is 0.250. The molecule has 0 aliphatic heterocycles. The highest BCUT2D eigenvalue weighted by molar-refractivity contribution is 8.12. The number of halogens is 1. The first-order valence-corrected chi connectivity index (χ1v) is 4.56.